The summed E-state index contributed by atoms with van der Waals surface area (Å²) in [6.45, 7) is 0. The van der Waals surface area contributed by atoms with Crippen molar-refractivity contribution in [3.05, 3.63) is 0 Å². The summed E-state index contributed by atoms with van der Waals surface area (Å²) < 4.78 is 0. The van der Waals surface area contributed by atoms with Crippen LogP contribution in [-0.4, -0.2) is 37.7 Å². The minimum absolute atomic E-state index is 0.395. The Balaban J connectivity index is 3.30. The summed E-state index contributed by atoms with van der Waals surface area (Å²) in [6.07, 6.45) is 2.37. The van der Waals surface area contributed by atoms with Crippen molar-refractivity contribution < 1.29 is 28.8 Å². The van der Waals surface area contributed by atoms with Gasteiger partial charge in [0, 0.05) is 35.5 Å². The Bertz CT molecular complexity index is 272. The van der Waals surface area contributed by atoms with Crippen molar-refractivity contribution in [2.45, 2.75) is 0 Å². The van der Waals surface area contributed by atoms with E-state index in [9.17, 15) is 28.8 Å². The van der Waals surface area contributed by atoms with E-state index in [2.05, 4.69) is 0 Å². The molecular formula is C12H12O6. The molecule has 0 unspecified atom stereocenters. The van der Waals surface area contributed by atoms with E-state index in [-0.39, 0.29) is 0 Å². The number of rotatable bonds is 6. The molecule has 0 saturated heterocycles. The minimum atomic E-state index is -1.04. The van der Waals surface area contributed by atoms with Crippen LogP contribution in [0.15, 0.2) is 0 Å². The van der Waals surface area contributed by atoms with E-state index >= 15 is 0 Å². The van der Waals surface area contributed by atoms with Crippen LogP contribution in [0.2, 0.25) is 0 Å². The van der Waals surface area contributed by atoms with E-state index in [1.807, 2.05) is 0 Å². The summed E-state index contributed by atoms with van der Waals surface area (Å²) in [5, 5.41) is 0. The molecule has 0 spiro atoms. The van der Waals surface area contributed by atoms with Gasteiger partial charge < -0.3 is 28.8 Å². The highest BCUT2D eigenvalue weighted by Gasteiger charge is 2.50. The normalized spacial score (nSPS) is 39.3. The summed E-state index contributed by atoms with van der Waals surface area (Å²) >= 11 is 0. The van der Waals surface area contributed by atoms with Gasteiger partial charge in [-0.2, -0.15) is 0 Å². The zero-order valence-electron chi connectivity index (χ0n) is 9.38. The molecule has 0 aromatic rings. The second-order valence-electron chi connectivity index (χ2n) is 4.28. The first kappa shape index (κ1) is 14.1. The van der Waals surface area contributed by atoms with Gasteiger partial charge in [-0.3, -0.25) is 0 Å². The molecule has 0 atom stereocenters. The van der Waals surface area contributed by atoms with Crippen LogP contribution < -0.4 is 0 Å². The molecule has 1 saturated carbocycles. The molecule has 1 rings (SSSR count). The van der Waals surface area contributed by atoms with Crippen molar-refractivity contribution in [1.29, 1.82) is 0 Å². The summed E-state index contributed by atoms with van der Waals surface area (Å²) in [4.78, 5) is 65.9. The summed E-state index contributed by atoms with van der Waals surface area (Å²) in [5.74, 6) is -6.24. The molecule has 0 amide bonds. The lowest BCUT2D eigenvalue weighted by Crippen LogP contribution is -2.50. The van der Waals surface area contributed by atoms with Crippen LogP contribution in [0.25, 0.3) is 0 Å². The molecule has 0 aromatic heterocycles. The topological polar surface area (TPSA) is 102 Å². The fraction of sp³-hybridized carbons (Fsp3) is 0.500. The largest absolute Gasteiger partial charge is 0.303 e. The van der Waals surface area contributed by atoms with Crippen LogP contribution in [0.5, 0.6) is 0 Å². The van der Waals surface area contributed by atoms with Crippen LogP contribution >= 0.6 is 0 Å². The fourth-order valence-electron chi connectivity index (χ4n) is 2.63. The Hall–Kier alpha value is -1.98. The first-order chi connectivity index (χ1) is 8.69. The average Bonchev–Trinajstić information content (AvgIpc) is 2.43. The second-order valence-corrected chi connectivity index (χ2v) is 4.28. The zero-order chi connectivity index (χ0) is 13.7. The standard InChI is InChI=1S/C12H12O6/c13-1-7-8(2-14)10(4-16)12(6-18)11(5-17)9(7)3-15/h1-12H. The van der Waals surface area contributed by atoms with Crippen LogP contribution in [0.1, 0.15) is 0 Å². The summed E-state index contributed by atoms with van der Waals surface area (Å²) in [5.41, 5.74) is 0. The van der Waals surface area contributed by atoms with E-state index in [0.29, 0.717) is 37.7 Å². The molecule has 0 N–H and O–H groups in total. The number of aldehydes is 6. The van der Waals surface area contributed by atoms with Crippen molar-refractivity contribution in [1.82, 2.24) is 0 Å². The minimum Gasteiger partial charge on any atom is -0.303 e. The molecule has 0 bridgehead atoms. The third kappa shape index (κ3) is 2.05. The molecule has 6 heteroatoms. The quantitative estimate of drug-likeness (QED) is 0.555. The first-order valence-corrected chi connectivity index (χ1v) is 5.41. The second kappa shape index (κ2) is 6.09. The molecular weight excluding hydrogens is 240 g/mol. The van der Waals surface area contributed by atoms with E-state index in [1.165, 1.54) is 0 Å². The van der Waals surface area contributed by atoms with Gasteiger partial charge in [-0.25, -0.2) is 0 Å². The predicted molar refractivity (Wildman–Crippen MR) is 57.3 cm³/mol. The van der Waals surface area contributed by atoms with Gasteiger partial charge in [-0.05, 0) is 0 Å². The maximum Gasteiger partial charge on any atom is 0.124 e. The number of hydrogen-bond donors (Lipinski definition) is 0. The van der Waals surface area contributed by atoms with Crippen LogP contribution in [0.4, 0.5) is 0 Å². The molecule has 18 heavy (non-hydrogen) atoms. The number of hydrogen-bond acceptors (Lipinski definition) is 6. The Morgan fingerprint density at radius 2 is 0.444 bits per heavy atom. The molecule has 1 aliphatic rings. The lowest BCUT2D eigenvalue weighted by molar-refractivity contribution is -0.146. The molecule has 0 heterocycles. The number of carbonyl (C=O) groups excluding carboxylic acids is 6. The van der Waals surface area contributed by atoms with Crippen LogP contribution in [-0.2, 0) is 28.8 Å². The van der Waals surface area contributed by atoms with Crippen molar-refractivity contribution in [3.63, 3.8) is 0 Å². The van der Waals surface area contributed by atoms with Gasteiger partial charge in [0.1, 0.15) is 37.7 Å². The van der Waals surface area contributed by atoms with Crippen LogP contribution in [0, 0.1) is 35.5 Å². The summed E-state index contributed by atoms with van der Waals surface area (Å²) in [6, 6.07) is 0. The van der Waals surface area contributed by atoms with Gasteiger partial charge >= 0.3 is 0 Å². The predicted octanol–water partition coefficient (Wildman–Crippen LogP) is -1.11. The highest BCUT2D eigenvalue weighted by atomic mass is 16.1. The van der Waals surface area contributed by atoms with Gasteiger partial charge in [0.25, 0.3) is 0 Å². The van der Waals surface area contributed by atoms with Gasteiger partial charge in [0.2, 0.25) is 0 Å². The third-order valence-electron chi connectivity index (χ3n) is 3.61. The molecule has 0 radical (unpaired) electrons. The third-order valence-corrected chi connectivity index (χ3v) is 3.61. The Morgan fingerprint density at radius 1 is 0.333 bits per heavy atom. The average molecular weight is 252 g/mol. The van der Waals surface area contributed by atoms with Crippen LogP contribution in [0.3, 0.4) is 0 Å². The molecule has 96 valence electrons. The van der Waals surface area contributed by atoms with E-state index in [1.54, 1.807) is 0 Å². The van der Waals surface area contributed by atoms with E-state index in [4.69, 9.17) is 0 Å². The van der Waals surface area contributed by atoms with E-state index < -0.39 is 35.5 Å². The van der Waals surface area contributed by atoms with Crippen molar-refractivity contribution >= 4 is 37.7 Å². The molecule has 6 nitrogen and oxygen atoms in total. The van der Waals surface area contributed by atoms with Gasteiger partial charge in [0.15, 0.2) is 0 Å². The fourth-order valence-corrected chi connectivity index (χ4v) is 2.63. The summed E-state index contributed by atoms with van der Waals surface area (Å²) in [7, 11) is 0. The smallest absolute Gasteiger partial charge is 0.124 e. The van der Waals surface area contributed by atoms with E-state index in [0.717, 1.165) is 0 Å². The lowest BCUT2D eigenvalue weighted by atomic mass is 9.59. The monoisotopic (exact) mass is 252 g/mol. The highest BCUT2D eigenvalue weighted by Crippen LogP contribution is 2.41. The molecule has 1 fully saturated rings. The van der Waals surface area contributed by atoms with Crippen molar-refractivity contribution in [2.75, 3.05) is 0 Å². The Labute approximate surface area is 103 Å². The SMILES string of the molecule is O=CC1C(C=O)C(C=O)C(C=O)C(C=O)C1C=O. The lowest BCUT2D eigenvalue weighted by Gasteiger charge is -2.40. The Morgan fingerprint density at radius 3 is 0.500 bits per heavy atom. The highest BCUT2D eigenvalue weighted by molar-refractivity contribution is 5.83. The van der Waals surface area contributed by atoms with Gasteiger partial charge in [0.05, 0.1) is 0 Å². The molecule has 1 aliphatic carbocycles. The number of carbonyl (C=O) groups is 6. The van der Waals surface area contributed by atoms with Crippen molar-refractivity contribution in [2.24, 2.45) is 35.5 Å². The maximum atomic E-state index is 11.0. The Kier molecular flexibility index (Phi) is 4.76. The van der Waals surface area contributed by atoms with Crippen molar-refractivity contribution in [3.8, 4) is 0 Å². The molecule has 0 aromatic carbocycles. The van der Waals surface area contributed by atoms with Gasteiger partial charge in [-0.15, -0.1) is 0 Å². The molecule has 0 aliphatic heterocycles. The zero-order valence-corrected chi connectivity index (χ0v) is 9.38. The maximum absolute atomic E-state index is 11.0. The van der Waals surface area contributed by atoms with Gasteiger partial charge in [-0.1, -0.05) is 0 Å². The first-order valence-electron chi connectivity index (χ1n) is 5.41.